The molecule has 0 radical (unpaired) electrons. The first-order chi connectivity index (χ1) is 14.0. The Bertz CT molecular complexity index is 877. The van der Waals surface area contributed by atoms with Gasteiger partial charge in [-0.25, -0.2) is 9.80 Å². The molecule has 1 fully saturated rings. The SMILES string of the molecule is CN(Cc1cc(N2CCN(c3ccc(C(=O)O)cc3)CC2)ccc1C=O)NC=O. The van der Waals surface area contributed by atoms with Gasteiger partial charge in [-0.2, -0.15) is 0 Å². The van der Waals surface area contributed by atoms with Crippen LogP contribution in [0.5, 0.6) is 0 Å². The van der Waals surface area contributed by atoms with Gasteiger partial charge in [0.2, 0.25) is 6.41 Å². The van der Waals surface area contributed by atoms with Crippen LogP contribution in [0.3, 0.4) is 0 Å². The zero-order valence-corrected chi connectivity index (χ0v) is 16.2. The molecule has 0 bridgehead atoms. The predicted octanol–water partition coefficient (Wildman–Crippen LogP) is 1.62. The second kappa shape index (κ2) is 9.20. The van der Waals surface area contributed by atoms with E-state index in [0.717, 1.165) is 49.4 Å². The Morgan fingerprint density at radius 3 is 2.17 bits per heavy atom. The van der Waals surface area contributed by atoms with Gasteiger partial charge in [-0.05, 0) is 48.0 Å². The molecule has 152 valence electrons. The lowest BCUT2D eigenvalue weighted by molar-refractivity contribution is -0.113. The summed E-state index contributed by atoms with van der Waals surface area (Å²) in [6, 6.07) is 12.7. The van der Waals surface area contributed by atoms with Gasteiger partial charge in [0.05, 0.1) is 5.56 Å². The molecule has 0 aromatic heterocycles. The molecule has 1 heterocycles. The molecule has 2 N–H and O–H groups in total. The third-order valence-corrected chi connectivity index (χ3v) is 5.06. The van der Waals surface area contributed by atoms with Crippen molar-refractivity contribution in [3.8, 4) is 0 Å². The Kier molecular flexibility index (Phi) is 6.46. The highest BCUT2D eigenvalue weighted by Crippen LogP contribution is 2.23. The number of anilines is 2. The van der Waals surface area contributed by atoms with Crippen LogP contribution in [0.2, 0.25) is 0 Å². The van der Waals surface area contributed by atoms with E-state index in [1.54, 1.807) is 24.2 Å². The van der Waals surface area contributed by atoms with Crippen LogP contribution in [0.15, 0.2) is 42.5 Å². The van der Waals surface area contributed by atoms with E-state index in [9.17, 15) is 14.4 Å². The number of hydrogen-bond acceptors (Lipinski definition) is 6. The molecule has 0 aliphatic carbocycles. The predicted molar refractivity (Wildman–Crippen MR) is 110 cm³/mol. The number of nitrogens with one attached hydrogen (secondary N) is 1. The molecule has 2 aromatic rings. The lowest BCUT2D eigenvalue weighted by Gasteiger charge is -2.37. The van der Waals surface area contributed by atoms with Crippen LogP contribution < -0.4 is 15.2 Å². The zero-order chi connectivity index (χ0) is 20.8. The van der Waals surface area contributed by atoms with E-state index in [1.807, 2.05) is 30.3 Å². The van der Waals surface area contributed by atoms with Crippen LogP contribution in [-0.2, 0) is 11.3 Å². The second-order valence-corrected chi connectivity index (χ2v) is 6.93. The van der Waals surface area contributed by atoms with Crippen LogP contribution in [-0.4, -0.2) is 62.0 Å². The second-order valence-electron chi connectivity index (χ2n) is 6.93. The summed E-state index contributed by atoms with van der Waals surface area (Å²) in [6.07, 6.45) is 1.43. The normalized spacial score (nSPS) is 14.0. The third-order valence-electron chi connectivity index (χ3n) is 5.06. The van der Waals surface area contributed by atoms with Gasteiger partial charge in [-0.3, -0.25) is 15.0 Å². The molecule has 8 nitrogen and oxygen atoms in total. The molecule has 8 heteroatoms. The van der Waals surface area contributed by atoms with Gasteiger partial charge in [0, 0.05) is 56.7 Å². The van der Waals surface area contributed by atoms with Crippen molar-refractivity contribution in [2.24, 2.45) is 0 Å². The summed E-state index contributed by atoms with van der Waals surface area (Å²) >= 11 is 0. The largest absolute Gasteiger partial charge is 0.478 e. The van der Waals surface area contributed by atoms with Crippen molar-refractivity contribution in [3.05, 3.63) is 59.2 Å². The highest BCUT2D eigenvalue weighted by atomic mass is 16.4. The average Bonchev–Trinajstić information content (AvgIpc) is 2.74. The first-order valence-electron chi connectivity index (χ1n) is 9.34. The number of hydrogen-bond donors (Lipinski definition) is 2. The van der Waals surface area contributed by atoms with E-state index in [0.29, 0.717) is 18.5 Å². The number of nitrogens with zero attached hydrogens (tertiary/aromatic N) is 3. The number of amides is 1. The van der Waals surface area contributed by atoms with E-state index in [4.69, 9.17) is 5.11 Å². The quantitative estimate of drug-likeness (QED) is 0.517. The maximum atomic E-state index is 11.4. The molecule has 1 amide bonds. The highest BCUT2D eigenvalue weighted by molar-refractivity contribution is 5.88. The van der Waals surface area contributed by atoms with Crippen molar-refractivity contribution in [1.29, 1.82) is 0 Å². The Balaban J connectivity index is 1.67. The number of carboxylic acids is 1. The summed E-state index contributed by atoms with van der Waals surface area (Å²) in [7, 11) is 1.74. The fourth-order valence-electron chi connectivity index (χ4n) is 3.47. The molecule has 1 aliphatic rings. The summed E-state index contributed by atoms with van der Waals surface area (Å²) in [5.41, 5.74) is 6.33. The Hall–Kier alpha value is -3.39. The molecule has 2 aromatic carbocycles. The Morgan fingerprint density at radius 2 is 1.62 bits per heavy atom. The summed E-state index contributed by atoms with van der Waals surface area (Å²) in [5, 5.41) is 10.6. The number of rotatable bonds is 8. The molecule has 0 atom stereocenters. The van der Waals surface area contributed by atoms with Gasteiger partial charge < -0.3 is 14.9 Å². The molecule has 1 saturated heterocycles. The lowest BCUT2D eigenvalue weighted by atomic mass is 10.1. The minimum atomic E-state index is -0.926. The van der Waals surface area contributed by atoms with Crippen molar-refractivity contribution in [2.75, 3.05) is 43.0 Å². The van der Waals surface area contributed by atoms with Crippen molar-refractivity contribution in [2.45, 2.75) is 6.54 Å². The number of carboxylic acid groups (broad SMARTS) is 1. The van der Waals surface area contributed by atoms with Gasteiger partial charge in [-0.15, -0.1) is 0 Å². The third kappa shape index (κ3) is 4.91. The molecule has 29 heavy (non-hydrogen) atoms. The fraction of sp³-hybridized carbons (Fsp3) is 0.286. The van der Waals surface area contributed by atoms with Gasteiger partial charge in [-0.1, -0.05) is 0 Å². The Morgan fingerprint density at radius 1 is 1.03 bits per heavy atom. The molecule has 3 rings (SSSR count). The van der Waals surface area contributed by atoms with Crippen LogP contribution in [0.25, 0.3) is 0 Å². The van der Waals surface area contributed by atoms with Gasteiger partial charge >= 0.3 is 5.97 Å². The van der Waals surface area contributed by atoms with Gasteiger partial charge in [0.15, 0.2) is 0 Å². The molecular formula is C21H24N4O4. The van der Waals surface area contributed by atoms with E-state index >= 15 is 0 Å². The van der Waals surface area contributed by atoms with Crippen LogP contribution in [0.4, 0.5) is 11.4 Å². The smallest absolute Gasteiger partial charge is 0.335 e. The summed E-state index contributed by atoms with van der Waals surface area (Å²) < 4.78 is 0. The first kappa shape index (κ1) is 20.3. The monoisotopic (exact) mass is 396 g/mol. The number of carbonyl (C=O) groups is 3. The van der Waals surface area contributed by atoms with Crippen molar-refractivity contribution in [1.82, 2.24) is 10.4 Å². The number of aldehydes is 1. The maximum Gasteiger partial charge on any atom is 0.335 e. The standard InChI is InChI=1S/C21H24N4O4/c1-23(22-15-27)13-18-12-20(7-4-17(18)14-26)25-10-8-24(9-11-25)19-5-2-16(3-6-19)21(28)29/h2-7,12,14-15H,8-11,13H2,1H3,(H,22,27)(H,28,29). The van der Waals surface area contributed by atoms with Crippen LogP contribution in [0, 0.1) is 0 Å². The lowest BCUT2D eigenvalue weighted by Crippen LogP contribution is -2.46. The van der Waals surface area contributed by atoms with Crippen LogP contribution in [0.1, 0.15) is 26.3 Å². The Labute approximate surface area is 169 Å². The minimum Gasteiger partial charge on any atom is -0.478 e. The van der Waals surface area contributed by atoms with E-state index in [1.165, 1.54) is 0 Å². The number of hydrazine groups is 1. The summed E-state index contributed by atoms with van der Waals surface area (Å²) in [6.45, 7) is 3.66. The van der Waals surface area contributed by atoms with Crippen molar-refractivity contribution < 1.29 is 19.5 Å². The zero-order valence-electron chi connectivity index (χ0n) is 16.2. The average molecular weight is 396 g/mol. The number of benzene rings is 2. The summed E-state index contributed by atoms with van der Waals surface area (Å²) in [4.78, 5) is 37.4. The molecule has 1 aliphatic heterocycles. The number of aromatic carboxylic acids is 1. The first-order valence-corrected chi connectivity index (χ1v) is 9.34. The van der Waals surface area contributed by atoms with Gasteiger partial charge in [0.1, 0.15) is 6.29 Å². The van der Waals surface area contributed by atoms with E-state index in [-0.39, 0.29) is 5.56 Å². The van der Waals surface area contributed by atoms with Crippen molar-refractivity contribution >= 4 is 30.0 Å². The summed E-state index contributed by atoms with van der Waals surface area (Å²) in [5.74, 6) is -0.926. The van der Waals surface area contributed by atoms with Crippen molar-refractivity contribution in [3.63, 3.8) is 0 Å². The number of piperazine rings is 1. The van der Waals surface area contributed by atoms with E-state index < -0.39 is 5.97 Å². The highest BCUT2D eigenvalue weighted by Gasteiger charge is 2.19. The molecule has 0 unspecified atom stereocenters. The number of carbonyl (C=O) groups excluding carboxylic acids is 2. The van der Waals surface area contributed by atoms with Gasteiger partial charge in [0.25, 0.3) is 0 Å². The molecular weight excluding hydrogens is 372 g/mol. The topological polar surface area (TPSA) is 93.2 Å². The molecule has 0 saturated carbocycles. The fourth-order valence-corrected chi connectivity index (χ4v) is 3.47. The van der Waals surface area contributed by atoms with Crippen LogP contribution >= 0.6 is 0 Å². The minimum absolute atomic E-state index is 0.282. The maximum absolute atomic E-state index is 11.4. The van der Waals surface area contributed by atoms with E-state index in [2.05, 4.69) is 15.2 Å². The molecule has 0 spiro atoms.